The molecule has 0 aromatic heterocycles. The smallest absolute Gasteiger partial charge is 0.127 e. The third kappa shape index (κ3) is 2.27. The molecule has 0 aliphatic rings. The van der Waals surface area contributed by atoms with E-state index >= 15 is 0 Å². The van der Waals surface area contributed by atoms with E-state index in [4.69, 9.17) is 4.74 Å². The van der Waals surface area contributed by atoms with Crippen LogP contribution in [0.25, 0.3) is 10.8 Å². The Hall–Kier alpha value is -1.28. The van der Waals surface area contributed by atoms with Crippen LogP contribution in [0.4, 0.5) is 0 Å². The summed E-state index contributed by atoms with van der Waals surface area (Å²) in [7, 11) is 0. The number of fused-ring (bicyclic) bond motifs is 1. The molecule has 16 heavy (non-hydrogen) atoms. The van der Waals surface area contributed by atoms with Gasteiger partial charge in [0.05, 0.1) is 0 Å². The quantitative estimate of drug-likeness (QED) is 0.747. The minimum atomic E-state index is 0.561. The predicted octanol–water partition coefficient (Wildman–Crippen LogP) is 4.56. The zero-order valence-corrected chi connectivity index (χ0v) is 10.8. The van der Waals surface area contributed by atoms with E-state index in [-0.39, 0.29) is 0 Å². The summed E-state index contributed by atoms with van der Waals surface area (Å²) in [4.78, 5) is 0. The molecule has 0 radical (unpaired) electrons. The fourth-order valence-electron chi connectivity index (χ4n) is 1.56. The number of rotatable bonds is 3. The van der Waals surface area contributed by atoms with E-state index in [1.165, 1.54) is 5.39 Å². The molecule has 0 aliphatic heterocycles. The first-order chi connectivity index (χ1) is 7.68. The van der Waals surface area contributed by atoms with Crippen LogP contribution in [-0.2, 0) is 0 Å². The average Bonchev–Trinajstić information content (AvgIpc) is 2.28. The molecule has 2 rings (SSSR count). The molecule has 0 saturated carbocycles. The normalized spacial score (nSPS) is 10.4. The largest absolute Gasteiger partial charge is 0.489 e. The molecular formula is C14H13BrO. The van der Waals surface area contributed by atoms with Crippen LogP contribution < -0.4 is 4.74 Å². The summed E-state index contributed by atoms with van der Waals surface area (Å²) in [6.07, 6.45) is 0. The van der Waals surface area contributed by atoms with Gasteiger partial charge in [0.2, 0.25) is 0 Å². The van der Waals surface area contributed by atoms with Crippen molar-refractivity contribution in [2.75, 3.05) is 6.61 Å². The maximum Gasteiger partial charge on any atom is 0.127 e. The van der Waals surface area contributed by atoms with Crippen LogP contribution in [-0.4, -0.2) is 6.61 Å². The second-order valence-electron chi connectivity index (χ2n) is 3.84. The molecule has 0 unspecified atom stereocenters. The molecule has 0 saturated heterocycles. The summed E-state index contributed by atoms with van der Waals surface area (Å²) in [6, 6.07) is 12.2. The van der Waals surface area contributed by atoms with Gasteiger partial charge < -0.3 is 4.74 Å². The van der Waals surface area contributed by atoms with Gasteiger partial charge in [0, 0.05) is 9.86 Å². The molecule has 0 N–H and O–H groups in total. The zero-order valence-electron chi connectivity index (χ0n) is 9.16. The van der Waals surface area contributed by atoms with E-state index in [1.807, 2.05) is 31.2 Å². The SMILES string of the molecule is C=C(C)COc1ccc(Br)c2ccccc12. The second-order valence-corrected chi connectivity index (χ2v) is 4.69. The van der Waals surface area contributed by atoms with Gasteiger partial charge in [0.1, 0.15) is 12.4 Å². The minimum Gasteiger partial charge on any atom is -0.489 e. The molecule has 2 aromatic carbocycles. The minimum absolute atomic E-state index is 0.561. The molecule has 1 nitrogen and oxygen atoms in total. The maximum absolute atomic E-state index is 5.72. The molecular weight excluding hydrogens is 264 g/mol. The molecule has 0 heterocycles. The van der Waals surface area contributed by atoms with Crippen molar-refractivity contribution in [3.05, 3.63) is 53.0 Å². The van der Waals surface area contributed by atoms with Gasteiger partial charge in [0.15, 0.2) is 0 Å². The van der Waals surface area contributed by atoms with Crippen LogP contribution in [0.3, 0.4) is 0 Å². The lowest BCUT2D eigenvalue weighted by molar-refractivity contribution is 0.357. The summed E-state index contributed by atoms with van der Waals surface area (Å²) < 4.78 is 6.80. The van der Waals surface area contributed by atoms with Crippen LogP contribution in [0.15, 0.2) is 53.0 Å². The summed E-state index contributed by atoms with van der Waals surface area (Å²) in [6.45, 7) is 6.35. The van der Waals surface area contributed by atoms with Crippen molar-refractivity contribution in [2.45, 2.75) is 6.92 Å². The Morgan fingerprint density at radius 1 is 1.19 bits per heavy atom. The van der Waals surface area contributed by atoms with E-state index in [0.717, 1.165) is 21.2 Å². The van der Waals surface area contributed by atoms with E-state index in [2.05, 4.69) is 34.6 Å². The van der Waals surface area contributed by atoms with E-state index in [9.17, 15) is 0 Å². The first-order valence-corrected chi connectivity index (χ1v) is 5.92. The van der Waals surface area contributed by atoms with Gasteiger partial charge in [-0.05, 0) is 30.0 Å². The Morgan fingerprint density at radius 3 is 2.56 bits per heavy atom. The Labute approximate surface area is 104 Å². The summed E-state index contributed by atoms with van der Waals surface area (Å²) in [5.74, 6) is 0.904. The highest BCUT2D eigenvalue weighted by Gasteiger charge is 2.04. The maximum atomic E-state index is 5.72. The van der Waals surface area contributed by atoms with Crippen LogP contribution in [0, 0.1) is 0 Å². The molecule has 82 valence electrons. The lowest BCUT2D eigenvalue weighted by Crippen LogP contribution is -1.98. The highest BCUT2D eigenvalue weighted by atomic mass is 79.9. The Bertz CT molecular complexity index is 531. The van der Waals surface area contributed by atoms with Gasteiger partial charge in [-0.2, -0.15) is 0 Å². The second kappa shape index (κ2) is 4.71. The average molecular weight is 277 g/mol. The van der Waals surface area contributed by atoms with E-state index < -0.39 is 0 Å². The Kier molecular flexibility index (Phi) is 3.30. The first kappa shape index (κ1) is 11.2. The van der Waals surface area contributed by atoms with Crippen molar-refractivity contribution in [1.82, 2.24) is 0 Å². The van der Waals surface area contributed by atoms with Gasteiger partial charge in [-0.3, -0.25) is 0 Å². The van der Waals surface area contributed by atoms with Gasteiger partial charge >= 0.3 is 0 Å². The molecule has 0 spiro atoms. The van der Waals surface area contributed by atoms with Crippen molar-refractivity contribution >= 4 is 26.7 Å². The molecule has 0 amide bonds. The van der Waals surface area contributed by atoms with Gasteiger partial charge in [-0.15, -0.1) is 0 Å². The number of halogens is 1. The van der Waals surface area contributed by atoms with Crippen molar-refractivity contribution in [3.63, 3.8) is 0 Å². The highest BCUT2D eigenvalue weighted by Crippen LogP contribution is 2.31. The molecule has 0 fully saturated rings. The third-order valence-corrected chi connectivity index (χ3v) is 3.00. The van der Waals surface area contributed by atoms with Crippen molar-refractivity contribution in [2.24, 2.45) is 0 Å². The Morgan fingerprint density at radius 2 is 1.88 bits per heavy atom. The number of benzene rings is 2. The molecule has 0 atom stereocenters. The summed E-state index contributed by atoms with van der Waals surface area (Å²) in [5, 5.41) is 2.29. The van der Waals surface area contributed by atoms with E-state index in [1.54, 1.807) is 0 Å². The number of hydrogen-bond donors (Lipinski definition) is 0. The van der Waals surface area contributed by atoms with Crippen molar-refractivity contribution < 1.29 is 4.74 Å². The first-order valence-electron chi connectivity index (χ1n) is 5.13. The van der Waals surface area contributed by atoms with E-state index in [0.29, 0.717) is 6.61 Å². The topological polar surface area (TPSA) is 9.23 Å². The highest BCUT2D eigenvalue weighted by molar-refractivity contribution is 9.10. The molecule has 2 heteroatoms. The van der Waals surface area contributed by atoms with Gasteiger partial charge in [-0.25, -0.2) is 0 Å². The van der Waals surface area contributed by atoms with Crippen molar-refractivity contribution in [1.29, 1.82) is 0 Å². The molecule has 2 aromatic rings. The van der Waals surface area contributed by atoms with Crippen molar-refractivity contribution in [3.8, 4) is 5.75 Å². The lowest BCUT2D eigenvalue weighted by atomic mass is 10.1. The Balaban J connectivity index is 2.46. The molecule has 0 aliphatic carbocycles. The zero-order chi connectivity index (χ0) is 11.5. The lowest BCUT2D eigenvalue weighted by Gasteiger charge is -2.10. The third-order valence-electron chi connectivity index (χ3n) is 2.30. The number of hydrogen-bond acceptors (Lipinski definition) is 1. The molecule has 0 bridgehead atoms. The van der Waals surface area contributed by atoms with Crippen LogP contribution >= 0.6 is 15.9 Å². The van der Waals surface area contributed by atoms with Crippen LogP contribution in [0.2, 0.25) is 0 Å². The summed E-state index contributed by atoms with van der Waals surface area (Å²) in [5.41, 5.74) is 1.02. The van der Waals surface area contributed by atoms with Crippen LogP contribution in [0.5, 0.6) is 5.75 Å². The fraction of sp³-hybridized carbons (Fsp3) is 0.143. The van der Waals surface area contributed by atoms with Crippen LogP contribution in [0.1, 0.15) is 6.92 Å². The fourth-order valence-corrected chi connectivity index (χ4v) is 2.04. The number of ether oxygens (including phenoxy) is 1. The monoisotopic (exact) mass is 276 g/mol. The summed E-state index contributed by atoms with van der Waals surface area (Å²) >= 11 is 3.54. The van der Waals surface area contributed by atoms with Gasteiger partial charge in [-0.1, -0.05) is 46.8 Å². The van der Waals surface area contributed by atoms with Gasteiger partial charge in [0.25, 0.3) is 0 Å². The predicted molar refractivity (Wildman–Crippen MR) is 72.0 cm³/mol. The standard InChI is InChI=1S/C14H13BrO/c1-10(2)9-16-14-8-7-13(15)11-5-3-4-6-12(11)14/h3-8H,1,9H2,2H3.